The third kappa shape index (κ3) is 3.36. The molecule has 1 rings (SSSR count). The van der Waals surface area contributed by atoms with Crippen LogP contribution in [0.5, 0.6) is 0 Å². The van der Waals surface area contributed by atoms with Gasteiger partial charge >= 0.3 is 5.97 Å². The fourth-order valence-corrected chi connectivity index (χ4v) is 2.33. The molecule has 0 spiro atoms. The maximum atomic E-state index is 11.7. The summed E-state index contributed by atoms with van der Waals surface area (Å²) < 4.78 is 10.1. The zero-order chi connectivity index (χ0) is 11.3. The third-order valence-corrected chi connectivity index (χ3v) is 3.98. The number of thioether (sulfide) groups is 1. The Balaban J connectivity index is 2.39. The van der Waals surface area contributed by atoms with E-state index in [9.17, 15) is 4.79 Å². The molecule has 0 aromatic heterocycles. The highest BCUT2D eigenvalue weighted by molar-refractivity contribution is 8.00. The summed E-state index contributed by atoms with van der Waals surface area (Å²) in [6.07, 6.45) is 0. The van der Waals surface area contributed by atoms with E-state index in [0.29, 0.717) is 11.9 Å². The van der Waals surface area contributed by atoms with Gasteiger partial charge < -0.3 is 14.8 Å². The third-order valence-electron chi connectivity index (χ3n) is 2.49. The second-order valence-electron chi connectivity index (χ2n) is 3.77. The lowest BCUT2D eigenvalue weighted by Gasteiger charge is -2.31. The Hall–Kier alpha value is -0.260. The summed E-state index contributed by atoms with van der Waals surface area (Å²) in [7, 11) is 1.79. The summed E-state index contributed by atoms with van der Waals surface area (Å²) in [5.74, 6) is 0.538. The summed E-state index contributed by atoms with van der Waals surface area (Å²) in [6.45, 7) is 5.71. The van der Waals surface area contributed by atoms with E-state index in [0.717, 1.165) is 19.0 Å². The Morgan fingerprint density at radius 2 is 2.33 bits per heavy atom. The van der Waals surface area contributed by atoms with E-state index in [-0.39, 0.29) is 5.97 Å². The molecule has 1 fully saturated rings. The van der Waals surface area contributed by atoms with Crippen LogP contribution < -0.4 is 5.32 Å². The first-order valence-corrected chi connectivity index (χ1v) is 6.22. The SMILES string of the molecule is CCOC(=O)C(C)(CSC1COC1)NC. The molecule has 1 atom stereocenters. The summed E-state index contributed by atoms with van der Waals surface area (Å²) in [5.41, 5.74) is -0.587. The fourth-order valence-electron chi connectivity index (χ4n) is 1.12. The van der Waals surface area contributed by atoms with Gasteiger partial charge in [-0.2, -0.15) is 11.8 Å². The smallest absolute Gasteiger partial charge is 0.326 e. The first kappa shape index (κ1) is 12.8. The Morgan fingerprint density at radius 3 is 2.73 bits per heavy atom. The normalized spacial score (nSPS) is 20.5. The Labute approximate surface area is 95.1 Å². The van der Waals surface area contributed by atoms with E-state index in [1.165, 1.54) is 0 Å². The van der Waals surface area contributed by atoms with Gasteiger partial charge in [-0.1, -0.05) is 0 Å². The van der Waals surface area contributed by atoms with Crippen LogP contribution in [0.4, 0.5) is 0 Å². The number of esters is 1. The molecule has 1 aliphatic rings. The zero-order valence-corrected chi connectivity index (χ0v) is 10.4. The molecule has 88 valence electrons. The van der Waals surface area contributed by atoms with Crippen LogP contribution in [0.3, 0.4) is 0 Å². The van der Waals surface area contributed by atoms with Gasteiger partial charge in [-0.3, -0.25) is 4.79 Å². The highest BCUT2D eigenvalue weighted by atomic mass is 32.2. The first-order chi connectivity index (χ1) is 7.12. The minimum atomic E-state index is -0.587. The molecule has 15 heavy (non-hydrogen) atoms. The minimum Gasteiger partial charge on any atom is -0.465 e. The summed E-state index contributed by atoms with van der Waals surface area (Å²) >= 11 is 1.76. The standard InChI is InChI=1S/C10H19NO3S/c1-4-14-9(12)10(2,11-3)7-15-8-5-13-6-8/h8,11H,4-7H2,1-3H3. The molecule has 0 aromatic rings. The molecule has 0 aromatic carbocycles. The quantitative estimate of drug-likeness (QED) is 0.683. The molecule has 0 radical (unpaired) electrons. The Bertz CT molecular complexity index is 221. The summed E-state index contributed by atoms with van der Waals surface area (Å²) in [4.78, 5) is 11.7. The molecule has 4 nitrogen and oxygen atoms in total. The number of hydrogen-bond donors (Lipinski definition) is 1. The average molecular weight is 233 g/mol. The van der Waals surface area contributed by atoms with Crippen molar-refractivity contribution >= 4 is 17.7 Å². The zero-order valence-electron chi connectivity index (χ0n) is 9.54. The van der Waals surface area contributed by atoms with Gasteiger partial charge in [0, 0.05) is 5.75 Å². The van der Waals surface area contributed by atoms with Crippen LogP contribution in [-0.2, 0) is 14.3 Å². The highest BCUT2D eigenvalue weighted by Gasteiger charge is 2.34. The van der Waals surface area contributed by atoms with Crippen molar-refractivity contribution in [2.24, 2.45) is 0 Å². The van der Waals surface area contributed by atoms with Gasteiger partial charge in [0.2, 0.25) is 0 Å². The molecule has 1 saturated heterocycles. The van der Waals surface area contributed by atoms with Gasteiger partial charge in [0.05, 0.1) is 25.1 Å². The van der Waals surface area contributed by atoms with Crippen LogP contribution in [-0.4, -0.2) is 49.4 Å². The molecule has 0 aliphatic carbocycles. The van der Waals surface area contributed by atoms with Crippen molar-refractivity contribution in [1.82, 2.24) is 5.32 Å². The predicted molar refractivity (Wildman–Crippen MR) is 61.2 cm³/mol. The van der Waals surface area contributed by atoms with Gasteiger partial charge in [-0.15, -0.1) is 0 Å². The van der Waals surface area contributed by atoms with Crippen LogP contribution in [0, 0.1) is 0 Å². The predicted octanol–water partition coefficient (Wildman–Crippen LogP) is 0.660. The number of hydrogen-bond acceptors (Lipinski definition) is 5. The molecule has 0 saturated carbocycles. The van der Waals surface area contributed by atoms with Gasteiger partial charge in [-0.05, 0) is 20.9 Å². The second-order valence-corrected chi connectivity index (χ2v) is 5.06. The first-order valence-electron chi connectivity index (χ1n) is 5.18. The second kappa shape index (κ2) is 5.72. The lowest BCUT2D eigenvalue weighted by Crippen LogP contribution is -2.51. The van der Waals surface area contributed by atoms with Crippen molar-refractivity contribution in [2.45, 2.75) is 24.6 Å². The fraction of sp³-hybridized carbons (Fsp3) is 0.900. The maximum absolute atomic E-state index is 11.7. The minimum absolute atomic E-state index is 0.180. The van der Waals surface area contributed by atoms with Crippen LogP contribution in [0.15, 0.2) is 0 Å². The number of nitrogens with one attached hydrogen (secondary N) is 1. The molecule has 1 aliphatic heterocycles. The van der Waals surface area contributed by atoms with Crippen molar-refractivity contribution in [3.8, 4) is 0 Å². The van der Waals surface area contributed by atoms with E-state index >= 15 is 0 Å². The Morgan fingerprint density at radius 1 is 1.67 bits per heavy atom. The van der Waals surface area contributed by atoms with E-state index in [4.69, 9.17) is 9.47 Å². The summed E-state index contributed by atoms with van der Waals surface area (Å²) in [5, 5.41) is 3.56. The number of carbonyl (C=O) groups is 1. The van der Waals surface area contributed by atoms with Crippen LogP contribution in [0.25, 0.3) is 0 Å². The lowest BCUT2D eigenvalue weighted by molar-refractivity contribution is -0.149. The number of carbonyl (C=O) groups excluding carboxylic acids is 1. The van der Waals surface area contributed by atoms with Crippen LogP contribution >= 0.6 is 11.8 Å². The Kier molecular flexibility index (Phi) is 4.89. The van der Waals surface area contributed by atoms with Crippen molar-refractivity contribution in [3.63, 3.8) is 0 Å². The van der Waals surface area contributed by atoms with Gasteiger partial charge in [-0.25, -0.2) is 0 Å². The molecule has 1 N–H and O–H groups in total. The average Bonchev–Trinajstić information content (AvgIpc) is 2.15. The number of likely N-dealkylation sites (N-methyl/N-ethyl adjacent to an activating group) is 1. The largest absolute Gasteiger partial charge is 0.465 e. The van der Waals surface area contributed by atoms with E-state index in [1.807, 2.05) is 13.8 Å². The van der Waals surface area contributed by atoms with E-state index in [2.05, 4.69) is 5.32 Å². The lowest BCUT2D eigenvalue weighted by atomic mass is 10.1. The van der Waals surface area contributed by atoms with Crippen LogP contribution in [0.2, 0.25) is 0 Å². The number of ether oxygens (including phenoxy) is 2. The highest BCUT2D eigenvalue weighted by Crippen LogP contribution is 2.23. The summed E-state index contributed by atoms with van der Waals surface area (Å²) in [6, 6.07) is 0. The molecule has 1 heterocycles. The monoisotopic (exact) mass is 233 g/mol. The molecular weight excluding hydrogens is 214 g/mol. The van der Waals surface area contributed by atoms with Gasteiger partial charge in [0.1, 0.15) is 5.54 Å². The maximum Gasteiger partial charge on any atom is 0.326 e. The van der Waals surface area contributed by atoms with Crippen molar-refractivity contribution in [2.75, 3.05) is 32.6 Å². The van der Waals surface area contributed by atoms with Gasteiger partial charge in [0.25, 0.3) is 0 Å². The molecule has 0 amide bonds. The topological polar surface area (TPSA) is 47.6 Å². The van der Waals surface area contributed by atoms with Crippen molar-refractivity contribution < 1.29 is 14.3 Å². The molecule has 1 unspecified atom stereocenters. The molecule has 5 heteroatoms. The van der Waals surface area contributed by atoms with E-state index < -0.39 is 5.54 Å². The number of rotatable bonds is 6. The van der Waals surface area contributed by atoms with Crippen molar-refractivity contribution in [3.05, 3.63) is 0 Å². The van der Waals surface area contributed by atoms with Gasteiger partial charge in [0.15, 0.2) is 0 Å². The van der Waals surface area contributed by atoms with Crippen molar-refractivity contribution in [1.29, 1.82) is 0 Å². The van der Waals surface area contributed by atoms with E-state index in [1.54, 1.807) is 18.8 Å². The molecular formula is C10H19NO3S. The van der Waals surface area contributed by atoms with Crippen LogP contribution in [0.1, 0.15) is 13.8 Å². The molecule has 0 bridgehead atoms.